The van der Waals surface area contributed by atoms with Gasteiger partial charge in [0.25, 0.3) is 0 Å². The van der Waals surface area contributed by atoms with Crippen LogP contribution in [0.15, 0.2) is 72.8 Å². The Balaban J connectivity index is 1.95. The van der Waals surface area contributed by atoms with E-state index in [1.54, 1.807) is 0 Å². The van der Waals surface area contributed by atoms with Crippen LogP contribution in [0.1, 0.15) is 11.1 Å². The summed E-state index contributed by atoms with van der Waals surface area (Å²) < 4.78 is 0. The van der Waals surface area contributed by atoms with Gasteiger partial charge in [0.15, 0.2) is 0 Å². The summed E-state index contributed by atoms with van der Waals surface area (Å²) >= 11 is 0. The third-order valence-corrected chi connectivity index (χ3v) is 5.59. The van der Waals surface area contributed by atoms with E-state index >= 15 is 0 Å². The summed E-state index contributed by atoms with van der Waals surface area (Å²) in [6.07, 6.45) is 0.945. The molecule has 0 bridgehead atoms. The van der Waals surface area contributed by atoms with Crippen molar-refractivity contribution in [3.8, 4) is 0 Å². The molecule has 112 valence electrons. The zero-order chi connectivity index (χ0) is 15.8. The molecule has 0 saturated heterocycles. The molecule has 2 unspecified atom stereocenters. The molecule has 0 aromatic heterocycles. The molecule has 0 aliphatic heterocycles. The van der Waals surface area contributed by atoms with Crippen molar-refractivity contribution < 1.29 is 0 Å². The quantitative estimate of drug-likeness (QED) is 0.471. The van der Waals surface area contributed by atoms with Gasteiger partial charge in [0.05, 0.1) is 0 Å². The Morgan fingerprint density at radius 3 is 1.43 bits per heavy atom. The third kappa shape index (κ3) is 2.67. The topological polar surface area (TPSA) is 0 Å². The number of rotatable bonds is 2. The average molecular weight is 332 g/mol. The van der Waals surface area contributed by atoms with E-state index in [1.165, 1.54) is 43.3 Å². The van der Waals surface area contributed by atoms with Crippen molar-refractivity contribution in [2.24, 2.45) is 0 Å². The lowest BCUT2D eigenvalue weighted by Gasteiger charge is -2.14. The third-order valence-electron chi connectivity index (χ3n) is 4.51. The number of benzene rings is 4. The van der Waals surface area contributed by atoms with Gasteiger partial charge in [-0.1, -0.05) is 72.8 Å². The molecule has 2 atom stereocenters. The van der Waals surface area contributed by atoms with Crippen LogP contribution in [0, 0.1) is 0 Å². The van der Waals surface area contributed by atoms with Crippen molar-refractivity contribution in [1.82, 2.24) is 0 Å². The molecular weight excluding hydrogens is 314 g/mol. The van der Waals surface area contributed by atoms with Gasteiger partial charge in [-0.3, -0.25) is 0 Å². The molecule has 23 heavy (non-hydrogen) atoms. The van der Waals surface area contributed by atoms with Crippen LogP contribution in [0.4, 0.5) is 0 Å². The van der Waals surface area contributed by atoms with Gasteiger partial charge in [0, 0.05) is 0 Å². The molecule has 0 amide bonds. The molecule has 0 aliphatic carbocycles. The van der Waals surface area contributed by atoms with Crippen LogP contribution < -0.4 is 10.6 Å². The van der Waals surface area contributed by atoms with Crippen LogP contribution in [0.5, 0.6) is 0 Å². The van der Waals surface area contributed by atoms with Crippen LogP contribution in [-0.2, 0) is 6.42 Å². The first-order valence-corrected chi connectivity index (χ1v) is 8.92. The summed E-state index contributed by atoms with van der Waals surface area (Å²) in [6, 6.07) is 26.1. The number of hydrogen-bond donors (Lipinski definition) is 0. The fourth-order valence-corrected chi connectivity index (χ4v) is 3.98. The first-order chi connectivity index (χ1) is 11.2. The van der Waals surface area contributed by atoms with Gasteiger partial charge >= 0.3 is 0 Å². The maximum absolute atomic E-state index is 2.90. The standard InChI is InChI=1S/C21H18P2/c22-20-11-9-14-5-1-3-7-16(14)18(20)13-19-17-8-4-2-6-15(17)10-12-21(19)23/h1-12H,13,22-23H2. The maximum atomic E-state index is 2.90. The molecule has 2 heteroatoms. The van der Waals surface area contributed by atoms with E-state index in [9.17, 15) is 0 Å². The fraction of sp³-hybridized carbons (Fsp3) is 0.0476. The van der Waals surface area contributed by atoms with Crippen molar-refractivity contribution in [2.75, 3.05) is 0 Å². The van der Waals surface area contributed by atoms with Gasteiger partial charge in [0.1, 0.15) is 0 Å². The molecule has 0 N–H and O–H groups in total. The SMILES string of the molecule is Pc1ccc2ccccc2c1Cc1c(P)ccc2ccccc12. The molecule has 0 nitrogen and oxygen atoms in total. The highest BCUT2D eigenvalue weighted by molar-refractivity contribution is 7.28. The van der Waals surface area contributed by atoms with Crippen molar-refractivity contribution in [2.45, 2.75) is 6.42 Å². The van der Waals surface area contributed by atoms with E-state index < -0.39 is 0 Å². The fourth-order valence-electron chi connectivity index (χ4n) is 3.28. The Hall–Kier alpha value is -1.74. The minimum absolute atomic E-state index is 0.945. The highest BCUT2D eigenvalue weighted by Gasteiger charge is 2.10. The minimum atomic E-state index is 0.945. The number of fused-ring (bicyclic) bond motifs is 2. The highest BCUT2D eigenvalue weighted by atomic mass is 31.0. The average Bonchev–Trinajstić information content (AvgIpc) is 2.59. The lowest BCUT2D eigenvalue weighted by Crippen LogP contribution is -2.09. The Labute approximate surface area is 141 Å². The largest absolute Gasteiger partial charge is 0.105 e. The van der Waals surface area contributed by atoms with E-state index in [1.807, 2.05) is 0 Å². The van der Waals surface area contributed by atoms with Crippen LogP contribution in [0.2, 0.25) is 0 Å². The normalized spacial score (nSPS) is 11.2. The molecule has 0 saturated carbocycles. The van der Waals surface area contributed by atoms with E-state index in [-0.39, 0.29) is 0 Å². The van der Waals surface area contributed by atoms with Gasteiger partial charge in [-0.05, 0) is 49.7 Å². The summed E-state index contributed by atoms with van der Waals surface area (Å²) in [7, 11) is 5.80. The maximum Gasteiger partial charge on any atom is -0.000116 e. The molecule has 0 fully saturated rings. The van der Waals surface area contributed by atoms with Crippen LogP contribution >= 0.6 is 18.5 Å². The lowest BCUT2D eigenvalue weighted by atomic mass is 9.95. The first kappa shape index (κ1) is 14.8. The van der Waals surface area contributed by atoms with Gasteiger partial charge in [-0.25, -0.2) is 0 Å². The van der Waals surface area contributed by atoms with Crippen molar-refractivity contribution in [3.63, 3.8) is 0 Å². The van der Waals surface area contributed by atoms with Gasteiger partial charge < -0.3 is 0 Å². The van der Waals surface area contributed by atoms with E-state index in [2.05, 4.69) is 91.3 Å². The molecular formula is C21H18P2. The molecule has 0 spiro atoms. The van der Waals surface area contributed by atoms with E-state index in [0.717, 1.165) is 6.42 Å². The summed E-state index contributed by atoms with van der Waals surface area (Å²) in [5.41, 5.74) is 2.79. The Kier molecular flexibility index (Phi) is 3.90. The predicted molar refractivity (Wildman–Crippen MR) is 109 cm³/mol. The first-order valence-electron chi connectivity index (χ1n) is 7.76. The van der Waals surface area contributed by atoms with Crippen molar-refractivity contribution in [3.05, 3.63) is 83.9 Å². The number of hydrogen-bond acceptors (Lipinski definition) is 0. The van der Waals surface area contributed by atoms with Gasteiger partial charge in [0.2, 0.25) is 0 Å². The van der Waals surface area contributed by atoms with E-state index in [4.69, 9.17) is 0 Å². The zero-order valence-corrected chi connectivity index (χ0v) is 15.1. The molecule has 4 rings (SSSR count). The predicted octanol–water partition coefficient (Wildman–Crippen LogP) is 4.58. The Morgan fingerprint density at radius 2 is 0.957 bits per heavy atom. The monoisotopic (exact) mass is 332 g/mol. The second kappa shape index (κ2) is 6.04. The summed E-state index contributed by atoms with van der Waals surface area (Å²) in [5.74, 6) is 0. The molecule has 4 aromatic carbocycles. The molecule has 0 heterocycles. The smallest absolute Gasteiger partial charge is 0.000116 e. The van der Waals surface area contributed by atoms with Gasteiger partial charge in [-0.2, -0.15) is 0 Å². The highest BCUT2D eigenvalue weighted by Crippen LogP contribution is 2.25. The van der Waals surface area contributed by atoms with Crippen molar-refractivity contribution >= 4 is 50.6 Å². The second-order valence-corrected chi connectivity index (χ2v) is 7.13. The van der Waals surface area contributed by atoms with Crippen LogP contribution in [0.25, 0.3) is 21.5 Å². The van der Waals surface area contributed by atoms with Crippen LogP contribution in [-0.4, -0.2) is 0 Å². The summed E-state index contributed by atoms with van der Waals surface area (Å²) in [4.78, 5) is 0. The molecule has 0 radical (unpaired) electrons. The Morgan fingerprint density at radius 1 is 0.522 bits per heavy atom. The van der Waals surface area contributed by atoms with Crippen molar-refractivity contribution in [1.29, 1.82) is 0 Å². The molecule has 4 aromatic rings. The Bertz CT molecular complexity index is 935. The second-order valence-electron chi connectivity index (χ2n) is 5.89. The van der Waals surface area contributed by atoms with Crippen LogP contribution in [0.3, 0.4) is 0 Å². The zero-order valence-electron chi connectivity index (χ0n) is 12.8. The van der Waals surface area contributed by atoms with E-state index in [0.29, 0.717) is 0 Å². The van der Waals surface area contributed by atoms with Gasteiger partial charge in [-0.15, -0.1) is 18.5 Å². The molecule has 0 aliphatic rings. The summed E-state index contributed by atoms with van der Waals surface area (Å²) in [5, 5.41) is 7.86. The lowest BCUT2D eigenvalue weighted by molar-refractivity contribution is 1.27. The summed E-state index contributed by atoms with van der Waals surface area (Å²) in [6.45, 7) is 0. The minimum Gasteiger partial charge on any atom is -0.105 e.